The molecule has 2 heterocycles. The SMILES string of the molecule is NC(=O)c1cccc(C(=O)N(C[C@H]2CCCO2)[C@H]2CCSC2)c1. The number of rotatable bonds is 5. The zero-order valence-corrected chi connectivity index (χ0v) is 13.9. The van der Waals surface area contributed by atoms with E-state index in [0.717, 1.165) is 37.4 Å². The van der Waals surface area contributed by atoms with Gasteiger partial charge in [0, 0.05) is 36.1 Å². The lowest BCUT2D eigenvalue weighted by Crippen LogP contribution is -2.44. The second kappa shape index (κ2) is 7.36. The summed E-state index contributed by atoms with van der Waals surface area (Å²) in [5.41, 5.74) is 6.22. The van der Waals surface area contributed by atoms with Crippen molar-refractivity contribution in [3.63, 3.8) is 0 Å². The second-order valence-corrected chi connectivity index (χ2v) is 7.20. The average Bonchev–Trinajstić information content (AvgIpc) is 3.25. The normalized spacial score (nSPS) is 23.8. The van der Waals surface area contributed by atoms with Gasteiger partial charge in [0.2, 0.25) is 5.91 Å². The van der Waals surface area contributed by atoms with E-state index >= 15 is 0 Å². The zero-order chi connectivity index (χ0) is 16.2. The summed E-state index contributed by atoms with van der Waals surface area (Å²) in [6, 6.07) is 6.93. The molecule has 2 fully saturated rings. The van der Waals surface area contributed by atoms with Crippen molar-refractivity contribution in [2.75, 3.05) is 24.7 Å². The van der Waals surface area contributed by atoms with Crippen molar-refractivity contribution >= 4 is 23.6 Å². The third-order valence-corrected chi connectivity index (χ3v) is 5.57. The third-order valence-electron chi connectivity index (χ3n) is 4.43. The van der Waals surface area contributed by atoms with Crippen LogP contribution in [0.4, 0.5) is 0 Å². The lowest BCUT2D eigenvalue weighted by atomic mass is 10.1. The van der Waals surface area contributed by atoms with Crippen LogP contribution in [-0.4, -0.2) is 53.5 Å². The molecule has 3 rings (SSSR count). The molecule has 1 aromatic carbocycles. The Bertz CT molecular complexity index is 581. The van der Waals surface area contributed by atoms with Crippen molar-refractivity contribution in [2.24, 2.45) is 5.73 Å². The first kappa shape index (κ1) is 16.3. The minimum absolute atomic E-state index is 0.0314. The molecule has 0 radical (unpaired) electrons. The predicted octanol–water partition coefficient (Wildman–Crippen LogP) is 1.91. The van der Waals surface area contributed by atoms with Gasteiger partial charge in [0.1, 0.15) is 0 Å². The molecule has 2 aliphatic rings. The van der Waals surface area contributed by atoms with E-state index in [1.807, 2.05) is 16.7 Å². The van der Waals surface area contributed by atoms with Crippen molar-refractivity contribution in [1.82, 2.24) is 4.90 Å². The maximum atomic E-state index is 13.0. The van der Waals surface area contributed by atoms with Crippen LogP contribution in [0.15, 0.2) is 24.3 Å². The molecule has 2 N–H and O–H groups in total. The molecule has 1 aromatic rings. The van der Waals surface area contributed by atoms with E-state index in [2.05, 4.69) is 0 Å². The van der Waals surface area contributed by atoms with Crippen molar-refractivity contribution in [2.45, 2.75) is 31.4 Å². The summed E-state index contributed by atoms with van der Waals surface area (Å²) in [7, 11) is 0. The molecule has 6 heteroatoms. The van der Waals surface area contributed by atoms with Gasteiger partial charge in [-0.25, -0.2) is 0 Å². The van der Waals surface area contributed by atoms with E-state index < -0.39 is 5.91 Å². The number of hydrogen-bond acceptors (Lipinski definition) is 4. The number of thioether (sulfide) groups is 1. The van der Waals surface area contributed by atoms with E-state index in [-0.39, 0.29) is 18.1 Å². The molecule has 0 saturated carbocycles. The first-order chi connectivity index (χ1) is 11.1. The number of carbonyl (C=O) groups excluding carboxylic acids is 2. The number of hydrogen-bond donors (Lipinski definition) is 1. The summed E-state index contributed by atoms with van der Waals surface area (Å²) < 4.78 is 5.72. The maximum absolute atomic E-state index is 13.0. The topological polar surface area (TPSA) is 72.6 Å². The molecule has 2 aliphatic heterocycles. The van der Waals surface area contributed by atoms with Crippen molar-refractivity contribution in [3.8, 4) is 0 Å². The van der Waals surface area contributed by atoms with Crippen LogP contribution < -0.4 is 5.73 Å². The maximum Gasteiger partial charge on any atom is 0.254 e. The molecular weight excluding hydrogens is 312 g/mol. The van der Waals surface area contributed by atoms with Crippen LogP contribution >= 0.6 is 11.8 Å². The Morgan fingerprint density at radius 3 is 2.78 bits per heavy atom. The van der Waals surface area contributed by atoms with Crippen LogP contribution in [0.2, 0.25) is 0 Å². The first-order valence-corrected chi connectivity index (χ1v) is 9.21. The molecule has 0 aliphatic carbocycles. The summed E-state index contributed by atoms with van der Waals surface area (Å²) in [6.45, 7) is 1.41. The Labute approximate surface area is 140 Å². The molecule has 2 amide bonds. The number of carbonyl (C=O) groups is 2. The highest BCUT2D eigenvalue weighted by Crippen LogP contribution is 2.26. The lowest BCUT2D eigenvalue weighted by Gasteiger charge is -2.31. The molecular formula is C17H22N2O3S. The van der Waals surface area contributed by atoms with Gasteiger partial charge in [0.15, 0.2) is 0 Å². The summed E-state index contributed by atoms with van der Waals surface area (Å²) in [5.74, 6) is 1.51. The number of ether oxygens (including phenoxy) is 1. The fourth-order valence-electron chi connectivity index (χ4n) is 3.14. The molecule has 2 atom stereocenters. The monoisotopic (exact) mass is 334 g/mol. The summed E-state index contributed by atoms with van der Waals surface area (Å²) in [4.78, 5) is 26.3. The van der Waals surface area contributed by atoms with Crippen LogP contribution in [0.5, 0.6) is 0 Å². The Kier molecular flexibility index (Phi) is 5.23. The molecule has 0 aromatic heterocycles. The first-order valence-electron chi connectivity index (χ1n) is 8.05. The van der Waals surface area contributed by atoms with Gasteiger partial charge in [0.25, 0.3) is 5.91 Å². The van der Waals surface area contributed by atoms with Gasteiger partial charge in [-0.15, -0.1) is 0 Å². The minimum Gasteiger partial charge on any atom is -0.376 e. The largest absolute Gasteiger partial charge is 0.376 e. The second-order valence-electron chi connectivity index (χ2n) is 6.06. The number of nitrogens with two attached hydrogens (primary N) is 1. The molecule has 0 bridgehead atoms. The van der Waals surface area contributed by atoms with E-state index in [0.29, 0.717) is 17.7 Å². The predicted molar refractivity (Wildman–Crippen MR) is 90.7 cm³/mol. The Morgan fingerprint density at radius 2 is 2.13 bits per heavy atom. The van der Waals surface area contributed by atoms with Crippen LogP contribution in [0.3, 0.4) is 0 Å². The molecule has 2 saturated heterocycles. The van der Waals surface area contributed by atoms with Gasteiger partial charge in [-0.3, -0.25) is 9.59 Å². The van der Waals surface area contributed by atoms with Crippen molar-refractivity contribution in [3.05, 3.63) is 35.4 Å². The quantitative estimate of drug-likeness (QED) is 0.893. The number of amides is 2. The fraction of sp³-hybridized carbons (Fsp3) is 0.529. The Balaban J connectivity index is 1.80. The Morgan fingerprint density at radius 1 is 1.30 bits per heavy atom. The van der Waals surface area contributed by atoms with Gasteiger partial charge >= 0.3 is 0 Å². The van der Waals surface area contributed by atoms with Gasteiger partial charge < -0.3 is 15.4 Å². The van der Waals surface area contributed by atoms with Crippen LogP contribution in [-0.2, 0) is 4.74 Å². The number of primary amides is 1. The Hall–Kier alpha value is -1.53. The van der Waals surface area contributed by atoms with Crippen molar-refractivity contribution < 1.29 is 14.3 Å². The molecule has 0 spiro atoms. The van der Waals surface area contributed by atoms with Gasteiger partial charge in [-0.2, -0.15) is 11.8 Å². The molecule has 5 nitrogen and oxygen atoms in total. The highest BCUT2D eigenvalue weighted by Gasteiger charge is 2.31. The smallest absolute Gasteiger partial charge is 0.254 e. The van der Waals surface area contributed by atoms with E-state index in [1.54, 1.807) is 24.3 Å². The minimum atomic E-state index is -0.512. The molecule has 23 heavy (non-hydrogen) atoms. The van der Waals surface area contributed by atoms with Crippen molar-refractivity contribution in [1.29, 1.82) is 0 Å². The number of nitrogens with zero attached hydrogens (tertiary/aromatic N) is 1. The standard InChI is InChI=1S/C17H22N2O3S/c18-16(20)12-3-1-4-13(9-12)17(21)19(14-6-8-23-11-14)10-15-5-2-7-22-15/h1,3-4,9,14-15H,2,5-8,10-11H2,(H2,18,20)/t14-,15+/m0/s1. The van der Waals surface area contributed by atoms with E-state index in [9.17, 15) is 9.59 Å². The highest BCUT2D eigenvalue weighted by molar-refractivity contribution is 7.99. The van der Waals surface area contributed by atoms with Crippen LogP contribution in [0.1, 0.15) is 40.0 Å². The van der Waals surface area contributed by atoms with Crippen LogP contribution in [0, 0.1) is 0 Å². The van der Waals surface area contributed by atoms with Gasteiger partial charge in [-0.05, 0) is 43.2 Å². The van der Waals surface area contributed by atoms with E-state index in [4.69, 9.17) is 10.5 Å². The lowest BCUT2D eigenvalue weighted by molar-refractivity contribution is 0.0442. The third kappa shape index (κ3) is 3.87. The van der Waals surface area contributed by atoms with Gasteiger partial charge in [-0.1, -0.05) is 6.07 Å². The summed E-state index contributed by atoms with van der Waals surface area (Å²) >= 11 is 1.88. The van der Waals surface area contributed by atoms with E-state index in [1.165, 1.54) is 0 Å². The molecule has 124 valence electrons. The molecule has 0 unspecified atom stereocenters. The van der Waals surface area contributed by atoms with Crippen LogP contribution in [0.25, 0.3) is 0 Å². The number of benzene rings is 1. The van der Waals surface area contributed by atoms with Gasteiger partial charge in [0.05, 0.1) is 6.10 Å². The summed E-state index contributed by atoms with van der Waals surface area (Å²) in [6.07, 6.45) is 3.20. The average molecular weight is 334 g/mol. The fourth-order valence-corrected chi connectivity index (χ4v) is 4.37. The highest BCUT2D eigenvalue weighted by atomic mass is 32.2. The zero-order valence-electron chi connectivity index (χ0n) is 13.1. The summed E-state index contributed by atoms with van der Waals surface area (Å²) in [5, 5.41) is 0.